The molecule has 0 aromatic rings. The van der Waals surface area contributed by atoms with Crippen molar-refractivity contribution in [3.63, 3.8) is 0 Å². The highest BCUT2D eigenvalue weighted by atomic mass is 16.7. The number of nitrogens with one attached hydrogen (secondary N) is 3. The Morgan fingerprint density at radius 3 is 2.05 bits per heavy atom. The zero-order valence-electron chi connectivity index (χ0n) is 23.2. The first-order chi connectivity index (χ1) is 19.2. The minimum Gasteiger partial charge on any atom is -0.468 e. The van der Waals surface area contributed by atoms with Crippen LogP contribution in [0, 0.1) is 0 Å². The molecular weight excluding hydrogens is 556 g/mol. The Kier molecular flexibility index (Phi) is 14.6. The van der Waals surface area contributed by atoms with E-state index in [9.17, 15) is 38.7 Å². The molecule has 0 unspecified atom stereocenters. The van der Waals surface area contributed by atoms with Crippen molar-refractivity contribution in [2.75, 3.05) is 33.5 Å². The minimum absolute atomic E-state index is 0.469. The first kappa shape index (κ1) is 35.2. The second kappa shape index (κ2) is 17.1. The topological polar surface area (TPSA) is 257 Å². The van der Waals surface area contributed by atoms with Crippen molar-refractivity contribution in [1.29, 1.82) is 0 Å². The van der Waals surface area contributed by atoms with E-state index in [1.54, 1.807) is 0 Å². The summed E-state index contributed by atoms with van der Waals surface area (Å²) in [4.78, 5) is 83.0. The second-order valence-electron chi connectivity index (χ2n) is 8.70. The predicted octanol–water partition coefficient (Wildman–Crippen LogP) is -4.25. The molecule has 41 heavy (non-hydrogen) atoms. The summed E-state index contributed by atoms with van der Waals surface area (Å²) in [5.41, 5.74) is 5.88. The van der Waals surface area contributed by atoms with Gasteiger partial charge in [0.15, 0.2) is 18.5 Å². The highest BCUT2D eigenvalue weighted by Crippen LogP contribution is 2.28. The standard InChI is InChI=1S/C23H36N4O14/c1-10(29)26-18-20(40-13(4)32)19(39-12(3)31)16(9-37-11(2)30)41-23(18)38-8-14(24)21(34)27-15(7-28)22(35)25-6-17(33)36-5/h14-16,18-20,23,28H,6-9,24H2,1-5H3,(H,25,35)(H,26,29)(H,27,34)/t14-,15-,16+,18+,19-,20+,23-/m0/s1. The van der Waals surface area contributed by atoms with Crippen LogP contribution in [0.3, 0.4) is 0 Å². The number of esters is 4. The summed E-state index contributed by atoms with van der Waals surface area (Å²) in [7, 11) is 1.11. The number of aliphatic hydroxyl groups is 1. The fourth-order valence-electron chi connectivity index (χ4n) is 3.53. The van der Waals surface area contributed by atoms with Gasteiger partial charge in [-0.15, -0.1) is 0 Å². The summed E-state index contributed by atoms with van der Waals surface area (Å²) in [5, 5.41) is 16.3. The maximum atomic E-state index is 12.6. The highest BCUT2D eigenvalue weighted by Gasteiger charge is 2.51. The van der Waals surface area contributed by atoms with E-state index in [0.29, 0.717) is 0 Å². The van der Waals surface area contributed by atoms with Gasteiger partial charge in [-0.2, -0.15) is 0 Å². The van der Waals surface area contributed by atoms with Gasteiger partial charge in [-0.3, -0.25) is 33.6 Å². The van der Waals surface area contributed by atoms with Gasteiger partial charge >= 0.3 is 23.9 Å². The van der Waals surface area contributed by atoms with Gasteiger partial charge < -0.3 is 55.2 Å². The Balaban J connectivity index is 3.10. The van der Waals surface area contributed by atoms with Crippen LogP contribution in [-0.4, -0.2) is 123 Å². The van der Waals surface area contributed by atoms with Gasteiger partial charge in [-0.1, -0.05) is 0 Å². The van der Waals surface area contributed by atoms with Crippen molar-refractivity contribution < 1.29 is 67.1 Å². The molecular formula is C23H36N4O14. The van der Waals surface area contributed by atoms with Crippen molar-refractivity contribution in [2.24, 2.45) is 5.73 Å². The molecule has 6 N–H and O–H groups in total. The van der Waals surface area contributed by atoms with Crippen molar-refractivity contribution in [3.8, 4) is 0 Å². The molecule has 0 spiro atoms. The Labute approximate surface area is 234 Å². The quantitative estimate of drug-likeness (QED) is 0.0945. The molecule has 232 valence electrons. The molecule has 3 amide bonds. The largest absolute Gasteiger partial charge is 0.468 e. The zero-order valence-corrected chi connectivity index (χ0v) is 23.2. The number of carbonyl (C=O) groups excluding carboxylic acids is 7. The van der Waals surface area contributed by atoms with Crippen LogP contribution < -0.4 is 21.7 Å². The lowest BCUT2D eigenvalue weighted by Gasteiger charge is -2.45. The number of aliphatic hydroxyl groups excluding tert-OH is 1. The summed E-state index contributed by atoms with van der Waals surface area (Å²) in [6, 6.07) is -4.23. The summed E-state index contributed by atoms with van der Waals surface area (Å²) < 4.78 is 31.4. The van der Waals surface area contributed by atoms with Crippen molar-refractivity contribution >= 4 is 41.6 Å². The van der Waals surface area contributed by atoms with Gasteiger partial charge in [0.1, 0.15) is 37.4 Å². The number of hydrogen-bond acceptors (Lipinski definition) is 15. The average Bonchev–Trinajstić information content (AvgIpc) is 2.89. The Bertz CT molecular complexity index is 976. The van der Waals surface area contributed by atoms with Crippen molar-refractivity contribution in [3.05, 3.63) is 0 Å². The average molecular weight is 593 g/mol. The van der Waals surface area contributed by atoms with Crippen LogP contribution in [0.5, 0.6) is 0 Å². The van der Waals surface area contributed by atoms with E-state index in [0.717, 1.165) is 34.8 Å². The molecule has 18 nitrogen and oxygen atoms in total. The molecule has 1 saturated heterocycles. The monoisotopic (exact) mass is 592 g/mol. The van der Waals surface area contributed by atoms with E-state index in [1.165, 1.54) is 0 Å². The number of ether oxygens (including phenoxy) is 6. The van der Waals surface area contributed by atoms with E-state index in [-0.39, 0.29) is 0 Å². The van der Waals surface area contributed by atoms with Crippen LogP contribution in [0.1, 0.15) is 27.7 Å². The van der Waals surface area contributed by atoms with Crippen LogP contribution in [0.25, 0.3) is 0 Å². The van der Waals surface area contributed by atoms with Gasteiger partial charge in [0.2, 0.25) is 17.7 Å². The maximum absolute atomic E-state index is 12.6. The number of hydrogen-bond donors (Lipinski definition) is 5. The van der Waals surface area contributed by atoms with Gasteiger partial charge in [-0.25, -0.2) is 0 Å². The van der Waals surface area contributed by atoms with E-state index < -0.39 is 111 Å². The zero-order chi connectivity index (χ0) is 31.3. The van der Waals surface area contributed by atoms with Gasteiger partial charge in [0, 0.05) is 27.7 Å². The smallest absolute Gasteiger partial charge is 0.325 e. The third-order valence-electron chi connectivity index (χ3n) is 5.30. The first-order valence-electron chi connectivity index (χ1n) is 12.2. The Hall–Kier alpha value is -3.87. The third-order valence-corrected chi connectivity index (χ3v) is 5.30. The van der Waals surface area contributed by atoms with E-state index in [1.807, 2.05) is 0 Å². The van der Waals surface area contributed by atoms with E-state index in [2.05, 4.69) is 20.7 Å². The molecule has 0 bridgehead atoms. The molecule has 1 aliphatic heterocycles. The fourth-order valence-corrected chi connectivity index (χ4v) is 3.53. The number of rotatable bonds is 14. The molecule has 1 rings (SSSR count). The van der Waals surface area contributed by atoms with Crippen LogP contribution in [0.15, 0.2) is 0 Å². The van der Waals surface area contributed by atoms with E-state index in [4.69, 9.17) is 29.4 Å². The maximum Gasteiger partial charge on any atom is 0.325 e. The lowest BCUT2D eigenvalue weighted by Crippen LogP contribution is -2.67. The highest BCUT2D eigenvalue weighted by molar-refractivity contribution is 5.91. The molecule has 0 aliphatic carbocycles. The number of methoxy groups -OCH3 is 1. The first-order valence-corrected chi connectivity index (χ1v) is 12.2. The van der Waals surface area contributed by atoms with Crippen LogP contribution in [0.4, 0.5) is 0 Å². The third kappa shape index (κ3) is 12.0. The summed E-state index contributed by atoms with van der Waals surface area (Å²) in [5.74, 6) is -5.53. The number of carbonyl (C=O) groups is 7. The normalized spacial score (nSPS) is 23.1. The fraction of sp³-hybridized carbons (Fsp3) is 0.696. The van der Waals surface area contributed by atoms with Crippen LogP contribution in [0.2, 0.25) is 0 Å². The molecule has 0 saturated carbocycles. The van der Waals surface area contributed by atoms with Crippen molar-refractivity contribution in [2.45, 2.75) is 70.4 Å². The molecule has 1 fully saturated rings. The summed E-state index contributed by atoms with van der Waals surface area (Å²) in [6.07, 6.45) is -5.46. The molecule has 0 aromatic carbocycles. The summed E-state index contributed by atoms with van der Waals surface area (Å²) >= 11 is 0. The SMILES string of the molecule is COC(=O)CNC(=O)[C@H](CO)NC(=O)[C@@H](N)CO[C@H]1O[C@H](COC(C)=O)[C@H](OC(C)=O)[C@H](OC(C)=O)[C@H]1NC(C)=O. The second-order valence-corrected chi connectivity index (χ2v) is 8.70. The predicted molar refractivity (Wildman–Crippen MR) is 132 cm³/mol. The van der Waals surface area contributed by atoms with Gasteiger partial charge in [0.25, 0.3) is 0 Å². The number of amides is 3. The Morgan fingerprint density at radius 2 is 1.54 bits per heavy atom. The lowest BCUT2D eigenvalue weighted by atomic mass is 9.96. The van der Waals surface area contributed by atoms with E-state index >= 15 is 0 Å². The molecule has 0 aromatic heterocycles. The molecule has 18 heteroatoms. The van der Waals surface area contributed by atoms with Crippen molar-refractivity contribution in [1.82, 2.24) is 16.0 Å². The molecule has 1 heterocycles. The van der Waals surface area contributed by atoms with Gasteiger partial charge in [-0.05, 0) is 0 Å². The molecule has 7 atom stereocenters. The minimum atomic E-state index is -1.48. The molecule has 1 aliphatic rings. The lowest BCUT2D eigenvalue weighted by molar-refractivity contribution is -0.278. The molecule has 0 radical (unpaired) electrons. The number of nitrogens with two attached hydrogens (primary N) is 1. The summed E-state index contributed by atoms with van der Waals surface area (Å²) in [6.45, 7) is 2.01. The Morgan fingerprint density at radius 1 is 0.927 bits per heavy atom. The van der Waals surface area contributed by atoms with Crippen LogP contribution in [-0.2, 0) is 62.0 Å². The van der Waals surface area contributed by atoms with Gasteiger partial charge in [0.05, 0.1) is 20.3 Å². The van der Waals surface area contributed by atoms with Crippen LogP contribution >= 0.6 is 0 Å².